The van der Waals surface area contributed by atoms with E-state index in [-0.39, 0.29) is 25.3 Å². The van der Waals surface area contributed by atoms with E-state index in [2.05, 4.69) is 10.3 Å². The molecule has 0 aliphatic carbocycles. The lowest BCUT2D eigenvalue weighted by atomic mass is 9.93. The van der Waals surface area contributed by atoms with Crippen molar-refractivity contribution >= 4 is 0 Å². The topological polar surface area (TPSA) is 211 Å². The SMILES string of the molecule is OCC[C@H]1O[C@H](Cn2cc([C@H]3O[C@H](CO)[C@@H](O)[C@H](O)[C@@H]3O)nn2)[C@@H](O)[C@H](O)[C@@H]1O. The van der Waals surface area contributed by atoms with Crippen LogP contribution in [-0.2, 0) is 16.0 Å². The van der Waals surface area contributed by atoms with Crippen LogP contribution in [0.5, 0.6) is 0 Å². The maximum atomic E-state index is 10.2. The summed E-state index contributed by atoms with van der Waals surface area (Å²) < 4.78 is 12.2. The molecule has 0 radical (unpaired) electrons. The number of hydrogen-bond acceptors (Lipinski definition) is 12. The van der Waals surface area contributed by atoms with Gasteiger partial charge in [-0.15, -0.1) is 5.10 Å². The Labute approximate surface area is 165 Å². The van der Waals surface area contributed by atoms with E-state index in [0.717, 1.165) is 0 Å². The first-order valence-corrected chi connectivity index (χ1v) is 9.29. The maximum Gasteiger partial charge on any atom is 0.132 e. The molecular weight excluding hydrogens is 394 g/mol. The molecule has 2 aliphatic heterocycles. The van der Waals surface area contributed by atoms with E-state index >= 15 is 0 Å². The van der Waals surface area contributed by atoms with Crippen molar-refractivity contribution in [2.45, 2.75) is 74.0 Å². The average molecular weight is 421 g/mol. The zero-order valence-corrected chi connectivity index (χ0v) is 15.4. The van der Waals surface area contributed by atoms with E-state index in [1.807, 2.05) is 0 Å². The van der Waals surface area contributed by atoms with Crippen molar-refractivity contribution in [3.05, 3.63) is 11.9 Å². The van der Waals surface area contributed by atoms with E-state index in [1.54, 1.807) is 0 Å². The van der Waals surface area contributed by atoms with Crippen LogP contribution in [0.3, 0.4) is 0 Å². The molecule has 10 atom stereocenters. The third-order valence-electron chi connectivity index (χ3n) is 5.33. The molecule has 2 fully saturated rings. The van der Waals surface area contributed by atoms with Crippen molar-refractivity contribution in [3.8, 4) is 0 Å². The van der Waals surface area contributed by atoms with Crippen LogP contribution in [0.25, 0.3) is 0 Å². The van der Waals surface area contributed by atoms with Gasteiger partial charge in [0.1, 0.15) is 60.6 Å². The van der Waals surface area contributed by atoms with Gasteiger partial charge in [0.25, 0.3) is 0 Å². The molecule has 0 spiro atoms. The minimum Gasteiger partial charge on any atom is -0.396 e. The fourth-order valence-corrected chi connectivity index (χ4v) is 3.61. The summed E-state index contributed by atoms with van der Waals surface area (Å²) >= 11 is 0. The Morgan fingerprint density at radius 1 is 0.793 bits per heavy atom. The van der Waals surface area contributed by atoms with Crippen molar-refractivity contribution in [1.29, 1.82) is 0 Å². The molecule has 2 saturated heterocycles. The highest BCUT2D eigenvalue weighted by Gasteiger charge is 2.46. The smallest absolute Gasteiger partial charge is 0.132 e. The first-order chi connectivity index (χ1) is 13.8. The summed E-state index contributed by atoms with van der Waals surface area (Å²) in [5, 5.41) is 86.1. The summed E-state index contributed by atoms with van der Waals surface area (Å²) in [6.07, 6.45) is -11.5. The Morgan fingerprint density at radius 3 is 2.07 bits per heavy atom. The van der Waals surface area contributed by atoms with Gasteiger partial charge in [-0.3, -0.25) is 0 Å². The zero-order chi connectivity index (χ0) is 21.3. The maximum absolute atomic E-state index is 10.2. The minimum absolute atomic E-state index is 0.0644. The Morgan fingerprint density at radius 2 is 1.41 bits per heavy atom. The molecule has 13 heteroatoms. The number of aromatic nitrogens is 3. The third kappa shape index (κ3) is 4.44. The quantitative estimate of drug-likeness (QED) is 0.217. The average Bonchev–Trinajstić information content (AvgIpc) is 3.17. The molecular formula is C16H27N3O10. The monoisotopic (exact) mass is 421 g/mol. The van der Waals surface area contributed by atoms with Crippen LogP contribution >= 0.6 is 0 Å². The van der Waals surface area contributed by atoms with E-state index in [9.17, 15) is 35.7 Å². The molecule has 3 rings (SSSR count). The van der Waals surface area contributed by atoms with Gasteiger partial charge >= 0.3 is 0 Å². The Hall–Kier alpha value is -1.26. The van der Waals surface area contributed by atoms with Crippen molar-refractivity contribution in [1.82, 2.24) is 15.0 Å². The van der Waals surface area contributed by atoms with Crippen LogP contribution in [0, 0.1) is 0 Å². The highest BCUT2D eigenvalue weighted by Crippen LogP contribution is 2.31. The van der Waals surface area contributed by atoms with Crippen molar-refractivity contribution in [3.63, 3.8) is 0 Å². The Bertz CT molecular complexity index is 661. The molecule has 0 aromatic carbocycles. The van der Waals surface area contributed by atoms with Gasteiger partial charge < -0.3 is 50.3 Å². The number of nitrogens with zero attached hydrogens (tertiary/aromatic N) is 3. The largest absolute Gasteiger partial charge is 0.396 e. The number of rotatable bonds is 6. The van der Waals surface area contributed by atoms with E-state index in [4.69, 9.17) is 14.6 Å². The normalized spacial score (nSPS) is 43.4. The fourth-order valence-electron chi connectivity index (χ4n) is 3.61. The van der Waals surface area contributed by atoms with Gasteiger partial charge in [-0.25, -0.2) is 4.68 Å². The van der Waals surface area contributed by atoms with Crippen LogP contribution in [0.4, 0.5) is 0 Å². The second-order valence-corrected chi connectivity index (χ2v) is 7.31. The summed E-state index contributed by atoms with van der Waals surface area (Å²) in [7, 11) is 0. The standard InChI is InChI=1S/C16H27N3O10/c20-2-1-7-10(22)13(25)11(23)8(28-7)4-19-3-6(17-18-19)16-15(27)14(26)12(24)9(5-21)29-16/h3,7-16,20-27H,1-2,4-5H2/t7-,8-,9-,10-,11-,12-,13-,14+,15+,16-/m1/s1. The van der Waals surface area contributed by atoms with E-state index < -0.39 is 67.6 Å². The van der Waals surface area contributed by atoms with Gasteiger partial charge in [-0.2, -0.15) is 0 Å². The fraction of sp³-hybridized carbons (Fsp3) is 0.875. The molecule has 3 heterocycles. The number of aliphatic hydroxyl groups is 8. The van der Waals surface area contributed by atoms with Crippen molar-refractivity contribution < 1.29 is 50.3 Å². The second kappa shape index (κ2) is 9.26. The third-order valence-corrected chi connectivity index (χ3v) is 5.33. The molecule has 1 aromatic heterocycles. The van der Waals surface area contributed by atoms with Gasteiger partial charge in [0, 0.05) is 6.61 Å². The lowest BCUT2D eigenvalue weighted by Gasteiger charge is -2.40. The van der Waals surface area contributed by atoms with Crippen LogP contribution in [0.2, 0.25) is 0 Å². The summed E-state index contributed by atoms with van der Waals surface area (Å²) in [6.45, 7) is -0.927. The predicted octanol–water partition coefficient (Wildman–Crippen LogP) is -4.97. The summed E-state index contributed by atoms with van der Waals surface area (Å²) in [5.74, 6) is 0. The highest BCUT2D eigenvalue weighted by atomic mass is 16.5. The molecule has 0 unspecified atom stereocenters. The van der Waals surface area contributed by atoms with Gasteiger partial charge in [0.2, 0.25) is 0 Å². The summed E-state index contributed by atoms with van der Waals surface area (Å²) in [4.78, 5) is 0. The van der Waals surface area contributed by atoms with Gasteiger partial charge in [0.05, 0.1) is 25.5 Å². The molecule has 8 N–H and O–H groups in total. The van der Waals surface area contributed by atoms with Crippen molar-refractivity contribution in [2.75, 3.05) is 13.2 Å². The van der Waals surface area contributed by atoms with Crippen LogP contribution in [0.15, 0.2) is 6.20 Å². The summed E-state index contributed by atoms with van der Waals surface area (Å²) in [5.41, 5.74) is 0.111. The lowest BCUT2D eigenvalue weighted by Crippen LogP contribution is -2.58. The molecule has 0 bridgehead atoms. The highest BCUT2D eigenvalue weighted by molar-refractivity contribution is 5.06. The number of ether oxygens (including phenoxy) is 2. The molecule has 0 saturated carbocycles. The first-order valence-electron chi connectivity index (χ1n) is 9.29. The van der Waals surface area contributed by atoms with Crippen molar-refractivity contribution in [2.24, 2.45) is 0 Å². The molecule has 13 nitrogen and oxygen atoms in total. The summed E-state index contributed by atoms with van der Waals surface area (Å²) in [6, 6.07) is 0. The van der Waals surface area contributed by atoms with Gasteiger partial charge in [-0.05, 0) is 6.42 Å². The van der Waals surface area contributed by atoms with Gasteiger partial charge in [-0.1, -0.05) is 5.21 Å². The zero-order valence-electron chi connectivity index (χ0n) is 15.4. The first kappa shape index (κ1) is 22.4. The number of hydrogen-bond donors (Lipinski definition) is 8. The van der Waals surface area contributed by atoms with Crippen LogP contribution < -0.4 is 0 Å². The second-order valence-electron chi connectivity index (χ2n) is 7.31. The number of aliphatic hydroxyl groups excluding tert-OH is 8. The molecule has 2 aliphatic rings. The molecule has 0 amide bonds. The minimum atomic E-state index is -1.56. The van der Waals surface area contributed by atoms with Crippen LogP contribution in [0.1, 0.15) is 18.2 Å². The van der Waals surface area contributed by atoms with E-state index in [1.165, 1.54) is 10.9 Å². The van der Waals surface area contributed by atoms with E-state index in [0.29, 0.717) is 0 Å². The molecule has 1 aromatic rings. The van der Waals surface area contributed by atoms with Crippen LogP contribution in [-0.4, -0.2) is 124 Å². The lowest BCUT2D eigenvalue weighted by molar-refractivity contribution is -0.232. The van der Waals surface area contributed by atoms with Gasteiger partial charge in [0.15, 0.2) is 0 Å². The Kier molecular flexibility index (Phi) is 7.16. The molecule has 166 valence electrons. The predicted molar refractivity (Wildman–Crippen MR) is 91.1 cm³/mol. The molecule has 29 heavy (non-hydrogen) atoms. The Balaban J connectivity index is 1.71.